The SMILES string of the molecule is Cc1cc(-c2cc3c(n4cnnc24)NCc2c(F)ccc4c2[C@@H](CO4)CO3)n(C)n1. The fourth-order valence-electron chi connectivity index (χ4n) is 4.44. The van der Waals surface area contributed by atoms with Gasteiger partial charge in [0.15, 0.2) is 17.2 Å². The van der Waals surface area contributed by atoms with E-state index < -0.39 is 0 Å². The lowest BCUT2D eigenvalue weighted by Crippen LogP contribution is -2.13. The second kappa shape index (κ2) is 6.19. The van der Waals surface area contributed by atoms with Crippen molar-refractivity contribution in [3.8, 4) is 22.8 Å². The molecule has 0 fully saturated rings. The average molecular weight is 406 g/mol. The minimum atomic E-state index is -0.248. The molecular formula is C21H19FN6O2. The first-order valence-electron chi connectivity index (χ1n) is 9.78. The van der Waals surface area contributed by atoms with E-state index in [2.05, 4.69) is 20.6 Å². The van der Waals surface area contributed by atoms with Gasteiger partial charge in [0.05, 0.1) is 30.5 Å². The summed E-state index contributed by atoms with van der Waals surface area (Å²) in [6.45, 7) is 3.12. The summed E-state index contributed by atoms with van der Waals surface area (Å²) in [6, 6.07) is 7.10. The van der Waals surface area contributed by atoms with Crippen LogP contribution in [-0.2, 0) is 13.6 Å². The summed E-state index contributed by atoms with van der Waals surface area (Å²) in [5.41, 5.74) is 4.86. The zero-order valence-corrected chi connectivity index (χ0v) is 16.5. The number of fused-ring (bicyclic) bond motifs is 3. The van der Waals surface area contributed by atoms with Gasteiger partial charge in [-0.15, -0.1) is 10.2 Å². The highest BCUT2D eigenvalue weighted by atomic mass is 19.1. The molecule has 0 saturated carbocycles. The number of nitrogens with one attached hydrogen (secondary N) is 1. The fraction of sp³-hybridized carbons (Fsp3) is 0.286. The van der Waals surface area contributed by atoms with Gasteiger partial charge in [-0.1, -0.05) is 0 Å². The van der Waals surface area contributed by atoms with Gasteiger partial charge in [-0.05, 0) is 31.2 Å². The first-order valence-corrected chi connectivity index (χ1v) is 9.78. The maximum atomic E-state index is 14.7. The summed E-state index contributed by atoms with van der Waals surface area (Å²) in [5, 5.41) is 16.2. The third-order valence-electron chi connectivity index (χ3n) is 5.80. The van der Waals surface area contributed by atoms with Crippen molar-refractivity contribution in [2.45, 2.75) is 19.4 Å². The molecule has 9 heteroatoms. The first-order chi connectivity index (χ1) is 14.6. The quantitative estimate of drug-likeness (QED) is 0.524. The van der Waals surface area contributed by atoms with Crippen molar-refractivity contribution < 1.29 is 13.9 Å². The number of pyridine rings is 1. The Morgan fingerprint density at radius 1 is 1.17 bits per heavy atom. The molecule has 0 bridgehead atoms. The molecule has 0 radical (unpaired) electrons. The van der Waals surface area contributed by atoms with Crippen LogP contribution in [0.1, 0.15) is 22.7 Å². The molecule has 0 amide bonds. The molecule has 152 valence electrons. The van der Waals surface area contributed by atoms with Gasteiger partial charge >= 0.3 is 0 Å². The second-order valence-corrected chi connectivity index (χ2v) is 7.70. The molecule has 0 saturated heterocycles. The number of aromatic nitrogens is 5. The van der Waals surface area contributed by atoms with Crippen LogP contribution in [-0.4, -0.2) is 37.6 Å². The molecular weight excluding hydrogens is 387 g/mol. The van der Waals surface area contributed by atoms with Gasteiger partial charge in [-0.3, -0.25) is 9.08 Å². The van der Waals surface area contributed by atoms with Crippen LogP contribution < -0.4 is 14.8 Å². The molecule has 1 N–H and O–H groups in total. The van der Waals surface area contributed by atoms with Gasteiger partial charge in [0.25, 0.3) is 0 Å². The smallest absolute Gasteiger partial charge is 0.171 e. The van der Waals surface area contributed by atoms with Crippen LogP contribution >= 0.6 is 0 Å². The molecule has 0 aliphatic carbocycles. The van der Waals surface area contributed by atoms with Gasteiger partial charge in [-0.2, -0.15) is 5.10 Å². The van der Waals surface area contributed by atoms with Gasteiger partial charge in [0, 0.05) is 30.3 Å². The second-order valence-electron chi connectivity index (χ2n) is 7.70. The summed E-state index contributed by atoms with van der Waals surface area (Å²) >= 11 is 0. The molecule has 4 aromatic rings. The Kier molecular flexibility index (Phi) is 3.56. The van der Waals surface area contributed by atoms with Gasteiger partial charge < -0.3 is 14.8 Å². The Bertz CT molecular complexity index is 1310. The van der Waals surface area contributed by atoms with Crippen molar-refractivity contribution in [2.24, 2.45) is 7.05 Å². The highest BCUT2D eigenvalue weighted by Crippen LogP contribution is 2.41. The summed E-state index contributed by atoms with van der Waals surface area (Å²) < 4.78 is 30.4. The van der Waals surface area contributed by atoms with Crippen molar-refractivity contribution >= 4 is 11.5 Å². The largest absolute Gasteiger partial charge is 0.493 e. The summed E-state index contributed by atoms with van der Waals surface area (Å²) in [6.07, 6.45) is 1.63. The third kappa shape index (κ3) is 2.41. The van der Waals surface area contributed by atoms with E-state index in [1.165, 1.54) is 6.07 Å². The van der Waals surface area contributed by atoms with E-state index in [-0.39, 0.29) is 11.7 Å². The normalized spacial score (nSPS) is 17.2. The zero-order chi connectivity index (χ0) is 20.4. The number of hydrogen-bond acceptors (Lipinski definition) is 6. The molecule has 30 heavy (non-hydrogen) atoms. The van der Waals surface area contributed by atoms with E-state index in [0.29, 0.717) is 42.5 Å². The average Bonchev–Trinajstić information content (AvgIpc) is 3.44. The van der Waals surface area contributed by atoms with Crippen LogP contribution in [0.3, 0.4) is 0 Å². The monoisotopic (exact) mass is 406 g/mol. The van der Waals surface area contributed by atoms with Crippen LogP contribution in [0, 0.1) is 12.7 Å². The Hall–Kier alpha value is -3.62. The molecule has 3 aromatic heterocycles. The van der Waals surface area contributed by atoms with Crippen molar-refractivity contribution in [1.29, 1.82) is 0 Å². The molecule has 1 atom stereocenters. The molecule has 1 aromatic carbocycles. The van der Waals surface area contributed by atoms with Crippen molar-refractivity contribution in [1.82, 2.24) is 24.4 Å². The molecule has 8 nitrogen and oxygen atoms in total. The summed E-state index contributed by atoms with van der Waals surface area (Å²) in [5.74, 6) is 1.79. The molecule has 2 aliphatic rings. The Morgan fingerprint density at radius 2 is 2.00 bits per heavy atom. The Labute approximate surface area is 171 Å². The number of ether oxygens (including phenoxy) is 2. The van der Waals surface area contributed by atoms with E-state index in [4.69, 9.17) is 9.47 Å². The van der Waals surface area contributed by atoms with Crippen LogP contribution in [0.4, 0.5) is 10.2 Å². The number of hydrogen-bond donors (Lipinski definition) is 1. The number of anilines is 1. The van der Waals surface area contributed by atoms with Crippen LogP contribution in [0.2, 0.25) is 0 Å². The van der Waals surface area contributed by atoms with Crippen molar-refractivity contribution in [3.63, 3.8) is 0 Å². The zero-order valence-electron chi connectivity index (χ0n) is 16.5. The molecule has 5 heterocycles. The van der Waals surface area contributed by atoms with Crippen molar-refractivity contribution in [2.75, 3.05) is 18.5 Å². The lowest BCUT2D eigenvalue weighted by atomic mass is 9.96. The molecule has 2 aliphatic heterocycles. The van der Waals surface area contributed by atoms with E-state index >= 15 is 0 Å². The van der Waals surface area contributed by atoms with Gasteiger partial charge in [0.1, 0.15) is 17.9 Å². The predicted molar refractivity (Wildman–Crippen MR) is 107 cm³/mol. The fourth-order valence-corrected chi connectivity index (χ4v) is 4.44. The maximum absolute atomic E-state index is 14.7. The number of halogens is 1. The predicted octanol–water partition coefficient (Wildman–Crippen LogP) is 3.06. The van der Waals surface area contributed by atoms with Crippen LogP contribution in [0.5, 0.6) is 11.5 Å². The Morgan fingerprint density at radius 3 is 2.80 bits per heavy atom. The molecule has 0 unspecified atom stereocenters. The maximum Gasteiger partial charge on any atom is 0.171 e. The summed E-state index contributed by atoms with van der Waals surface area (Å²) in [4.78, 5) is 0. The van der Waals surface area contributed by atoms with E-state index in [9.17, 15) is 4.39 Å². The summed E-state index contributed by atoms with van der Waals surface area (Å²) in [7, 11) is 1.90. The first kappa shape index (κ1) is 17.3. The Balaban J connectivity index is 1.53. The molecule has 0 spiro atoms. The number of rotatable bonds is 1. The topological polar surface area (TPSA) is 78.5 Å². The number of nitrogens with zero attached hydrogens (tertiary/aromatic N) is 5. The standard InChI is InChI=1S/C21H19FN6O2/c1-11-5-16(27(2)26-11)13-6-18-21(28-10-24-25-20(13)28)23-7-14-15(22)3-4-17-19(14)12(8-29-17)9-30-18/h3-6,10,12,23H,7-9H2,1-2H3/t12-/m0/s1. The minimum absolute atomic E-state index is 0.0301. The van der Waals surface area contributed by atoms with E-state index in [1.807, 2.05) is 35.2 Å². The van der Waals surface area contributed by atoms with Crippen LogP contribution in [0.15, 0.2) is 30.6 Å². The lowest BCUT2D eigenvalue weighted by Gasteiger charge is -2.16. The lowest BCUT2D eigenvalue weighted by molar-refractivity contribution is 0.249. The highest BCUT2D eigenvalue weighted by Gasteiger charge is 2.31. The van der Waals surface area contributed by atoms with Gasteiger partial charge in [0.2, 0.25) is 0 Å². The van der Waals surface area contributed by atoms with Crippen LogP contribution in [0.25, 0.3) is 16.9 Å². The third-order valence-corrected chi connectivity index (χ3v) is 5.80. The van der Waals surface area contributed by atoms with E-state index in [1.54, 1.807) is 12.4 Å². The minimum Gasteiger partial charge on any atom is -0.493 e. The van der Waals surface area contributed by atoms with E-state index in [0.717, 1.165) is 28.3 Å². The number of benzene rings is 1. The van der Waals surface area contributed by atoms with Gasteiger partial charge in [-0.25, -0.2) is 4.39 Å². The van der Waals surface area contributed by atoms with Crippen molar-refractivity contribution in [3.05, 3.63) is 53.2 Å². The highest BCUT2D eigenvalue weighted by molar-refractivity contribution is 5.80. The number of aryl methyl sites for hydroxylation is 2. The molecule has 6 rings (SSSR count).